The lowest BCUT2D eigenvalue weighted by Gasteiger charge is -2.38. The number of Topliss-reactive ketones (excluding diaryl/α,β-unsaturated/α-hetero) is 1. The van der Waals surface area contributed by atoms with Crippen LogP contribution in [0.2, 0.25) is 0 Å². The van der Waals surface area contributed by atoms with Gasteiger partial charge in [-0.15, -0.1) is 0 Å². The van der Waals surface area contributed by atoms with E-state index in [4.69, 9.17) is 18.9 Å². The van der Waals surface area contributed by atoms with Gasteiger partial charge in [0.2, 0.25) is 6.21 Å². The van der Waals surface area contributed by atoms with Gasteiger partial charge in [-0.25, -0.2) is 0 Å². The molecule has 17 heteroatoms. The first kappa shape index (κ1) is 45.7. The highest BCUT2D eigenvalue weighted by Crippen LogP contribution is 2.55. The number of esters is 1. The highest BCUT2D eigenvalue weighted by molar-refractivity contribution is 6.23. The maximum absolute atomic E-state index is 14.4. The predicted octanol–water partition coefficient (Wildman–Crippen LogP) is 3.85. The summed E-state index contributed by atoms with van der Waals surface area (Å²) in [6, 6.07) is 0. The molecule has 5 bridgehead atoms. The van der Waals surface area contributed by atoms with Crippen molar-refractivity contribution in [3.8, 4) is 23.0 Å². The summed E-state index contributed by atoms with van der Waals surface area (Å²) in [5, 5.41) is 75.4. The number of rotatable bonds is 4. The average Bonchev–Trinajstić information content (AvgIpc) is 3.47. The number of likely N-dealkylation sites (N-methyl/N-ethyl adjacent to an activating group) is 1. The number of phenols is 3. The molecule has 1 saturated heterocycles. The van der Waals surface area contributed by atoms with Crippen LogP contribution in [0.4, 0.5) is 5.69 Å². The van der Waals surface area contributed by atoms with E-state index in [0.29, 0.717) is 31.0 Å². The number of phenolic OH excluding ortho intramolecular Hbond substituents is 3. The molecule has 17 nitrogen and oxygen atoms in total. The van der Waals surface area contributed by atoms with Crippen molar-refractivity contribution in [1.82, 2.24) is 9.91 Å². The number of nitrogens with zero attached hydrogens (tertiary/aromatic N) is 3. The van der Waals surface area contributed by atoms with Crippen molar-refractivity contribution in [2.75, 3.05) is 45.7 Å². The van der Waals surface area contributed by atoms with Gasteiger partial charge in [0, 0.05) is 74.2 Å². The van der Waals surface area contributed by atoms with Crippen molar-refractivity contribution >= 4 is 40.3 Å². The molecule has 1 fully saturated rings. The van der Waals surface area contributed by atoms with Gasteiger partial charge < -0.3 is 59.9 Å². The Kier molecular flexibility index (Phi) is 13.8. The van der Waals surface area contributed by atoms with Gasteiger partial charge in [0.15, 0.2) is 5.75 Å². The molecular weight excluding hydrogens is 780 g/mol. The number of fused-ring (bicyclic) bond motifs is 14. The molecule has 6 rings (SSSR count). The molecule has 2 aromatic carbocycles. The Hall–Kier alpha value is -5.36. The number of hydrogen-bond donors (Lipinski definition) is 6. The summed E-state index contributed by atoms with van der Waals surface area (Å²) in [6.45, 7) is 14.1. The number of nitrogens with one attached hydrogen (secondary N) is 1. The molecule has 6 N–H and O–H groups in total. The Labute approximate surface area is 349 Å². The van der Waals surface area contributed by atoms with Crippen LogP contribution in [-0.4, -0.2) is 135 Å². The third kappa shape index (κ3) is 8.75. The molecule has 9 atom stereocenters. The third-order valence-corrected chi connectivity index (χ3v) is 12.0. The van der Waals surface area contributed by atoms with Crippen LogP contribution in [0, 0.1) is 35.8 Å². The number of hydrazone groups is 1. The molecule has 328 valence electrons. The number of aliphatic hydroxyl groups is 2. The van der Waals surface area contributed by atoms with Gasteiger partial charge in [-0.05, 0) is 27.0 Å². The van der Waals surface area contributed by atoms with Gasteiger partial charge in [0.25, 0.3) is 11.7 Å². The van der Waals surface area contributed by atoms with Gasteiger partial charge >= 0.3 is 11.8 Å². The second kappa shape index (κ2) is 18.1. The first-order valence-corrected chi connectivity index (χ1v) is 20.0. The summed E-state index contributed by atoms with van der Waals surface area (Å²) in [7, 11) is 3.33. The number of anilines is 1. The van der Waals surface area contributed by atoms with Gasteiger partial charge in [-0.2, -0.15) is 5.01 Å². The zero-order valence-corrected chi connectivity index (χ0v) is 35.8. The van der Waals surface area contributed by atoms with Crippen LogP contribution in [0.5, 0.6) is 23.0 Å². The first-order chi connectivity index (χ1) is 28.1. The number of hydrogen-bond acceptors (Lipinski definition) is 15. The van der Waals surface area contributed by atoms with E-state index >= 15 is 0 Å². The van der Waals surface area contributed by atoms with Crippen LogP contribution in [-0.2, 0) is 23.8 Å². The number of allylic oxidation sites excluding steroid dienone is 2. The number of amides is 1. The van der Waals surface area contributed by atoms with Gasteiger partial charge in [0.05, 0.1) is 48.6 Å². The topological polar surface area (TPSA) is 234 Å². The lowest BCUT2D eigenvalue weighted by molar-refractivity contribution is -0.636. The number of ketones is 1. The first-order valence-electron chi connectivity index (χ1n) is 20.0. The molecule has 0 spiro atoms. The number of carbonyl (C=O) groups excluding carboxylic acids is 3. The molecule has 1 amide bonds. The molecule has 0 aliphatic carbocycles. The second-order valence-electron chi connectivity index (χ2n) is 16.3. The van der Waals surface area contributed by atoms with E-state index < -0.39 is 94.5 Å². The minimum absolute atomic E-state index is 0.00572. The van der Waals surface area contributed by atoms with Crippen molar-refractivity contribution in [3.63, 3.8) is 0 Å². The molecule has 4 aliphatic heterocycles. The molecule has 9 unspecified atom stereocenters. The maximum atomic E-state index is 14.4. The fourth-order valence-corrected chi connectivity index (χ4v) is 8.06. The summed E-state index contributed by atoms with van der Waals surface area (Å²) in [5.41, 5.74) is -0.917. The minimum Gasteiger partial charge on any atom is -0.596 e. The van der Waals surface area contributed by atoms with Crippen LogP contribution < -0.4 is 10.1 Å². The summed E-state index contributed by atoms with van der Waals surface area (Å²) in [5.74, 6) is -9.04. The molecule has 4 aliphatic rings. The quantitative estimate of drug-likeness (QED) is 0.0488. The third-order valence-electron chi connectivity index (χ3n) is 12.0. The predicted molar refractivity (Wildman–Crippen MR) is 222 cm³/mol. The largest absolute Gasteiger partial charge is 0.596 e. The van der Waals surface area contributed by atoms with E-state index in [1.165, 1.54) is 58.2 Å². The zero-order valence-electron chi connectivity index (χ0n) is 35.8. The van der Waals surface area contributed by atoms with E-state index in [0.717, 1.165) is 6.21 Å². The smallest absolute Gasteiger partial charge is 0.312 e. The molecular formula is C43H58N4O13. The fraction of sp³-hybridized carbons (Fsp3) is 0.535. The summed E-state index contributed by atoms with van der Waals surface area (Å²) in [6.07, 6.45) is 4.29. The number of benzene rings is 2. The molecule has 0 radical (unpaired) electrons. The van der Waals surface area contributed by atoms with E-state index in [9.17, 15) is 45.1 Å². The Morgan fingerprint density at radius 2 is 1.62 bits per heavy atom. The Bertz CT molecular complexity index is 2120. The lowest BCUT2D eigenvalue weighted by atomic mass is 9.78. The van der Waals surface area contributed by atoms with Crippen LogP contribution in [0.3, 0.4) is 0 Å². The van der Waals surface area contributed by atoms with E-state index in [2.05, 4.69) is 5.32 Å². The number of methoxy groups -OCH3 is 1. The SMILES string of the molecule is COC1/C=C\OC2(C)Oc3c(C)c(O)c4c(O)c(c(/C=[N+](/[O-])N5CCN(C)CC5)c(O)c4c3C2=O)NC(=O)/C(C)=C\C=C/C(C)C(O)C(C)C(O)C(C)C(OC(C)=O)C1C. The maximum Gasteiger partial charge on any atom is 0.312 e. The van der Waals surface area contributed by atoms with Gasteiger partial charge in [0.1, 0.15) is 34.6 Å². The van der Waals surface area contributed by atoms with E-state index in [1.54, 1.807) is 39.8 Å². The van der Waals surface area contributed by atoms with Crippen LogP contribution in [0.1, 0.15) is 70.0 Å². The van der Waals surface area contributed by atoms with Crippen molar-refractivity contribution < 1.29 is 63.7 Å². The standard InChI is InChI=1S/C43H58N4O13/c1-21-12-11-13-22(2)42(55)44-33-28(20-47(56)46-17-15-45(9)16-18-46)37(52)30-31(38(33)53)36(51)26(6)40-32(30)41(54)43(8,60-40)58-19-14-29(57-10)23(3)39(59-27(7)48)25(5)35(50)24(4)34(21)49/h11-14,19-21,23-25,29,34-35,39,49-53H,15-18H2,1-10H3,(H,44,55)/b12-11-,19-14-,22-13-,47-20+. The fourth-order valence-electron chi connectivity index (χ4n) is 8.06. The van der Waals surface area contributed by atoms with Gasteiger partial charge in [-0.1, -0.05) is 50.8 Å². The monoisotopic (exact) mass is 838 g/mol. The van der Waals surface area contributed by atoms with E-state index in [-0.39, 0.29) is 38.8 Å². The number of hydrazine groups is 1. The van der Waals surface area contributed by atoms with Crippen molar-refractivity contribution in [3.05, 3.63) is 58.0 Å². The molecule has 0 aromatic heterocycles. The number of ether oxygens (including phenoxy) is 4. The van der Waals surface area contributed by atoms with E-state index in [1.807, 2.05) is 11.9 Å². The van der Waals surface area contributed by atoms with Gasteiger partial charge in [-0.3, -0.25) is 14.4 Å². The Morgan fingerprint density at radius 1 is 0.967 bits per heavy atom. The van der Waals surface area contributed by atoms with Crippen molar-refractivity contribution in [2.24, 2.45) is 23.7 Å². The van der Waals surface area contributed by atoms with Crippen LogP contribution in [0.15, 0.2) is 36.1 Å². The number of aromatic hydroxyl groups is 3. The van der Waals surface area contributed by atoms with Crippen LogP contribution >= 0.6 is 0 Å². The molecule has 0 saturated carbocycles. The lowest BCUT2D eigenvalue weighted by Crippen LogP contribution is -2.47. The second-order valence-corrected chi connectivity index (χ2v) is 16.3. The number of piperazine rings is 1. The highest BCUT2D eigenvalue weighted by atomic mass is 16.7. The average molecular weight is 839 g/mol. The zero-order chi connectivity index (χ0) is 44.5. The minimum atomic E-state index is -2.10. The molecule has 4 heterocycles. The molecule has 2 aromatic rings. The number of carbonyl (C=O) groups is 3. The van der Waals surface area contributed by atoms with Crippen molar-refractivity contribution in [2.45, 2.75) is 85.6 Å². The summed E-state index contributed by atoms with van der Waals surface area (Å²) in [4.78, 5) is 43.1. The highest BCUT2D eigenvalue weighted by Gasteiger charge is 2.50. The van der Waals surface area contributed by atoms with Crippen molar-refractivity contribution in [1.29, 1.82) is 0 Å². The summed E-state index contributed by atoms with van der Waals surface area (Å²) < 4.78 is 23.5. The normalized spacial score (nSPS) is 31.9. The van der Waals surface area contributed by atoms with Crippen LogP contribution in [0.25, 0.3) is 10.8 Å². The summed E-state index contributed by atoms with van der Waals surface area (Å²) >= 11 is 0. The Balaban J connectivity index is 1.73. The molecule has 60 heavy (non-hydrogen) atoms. The number of aliphatic hydroxyl groups excluding tert-OH is 2. The Morgan fingerprint density at radius 3 is 2.23 bits per heavy atom.